The van der Waals surface area contributed by atoms with Crippen LogP contribution in [0.3, 0.4) is 0 Å². The van der Waals surface area contributed by atoms with Gasteiger partial charge in [0.25, 0.3) is 5.56 Å². The molecule has 24 heavy (non-hydrogen) atoms. The van der Waals surface area contributed by atoms with Crippen LogP contribution in [-0.2, 0) is 19.9 Å². The Morgan fingerprint density at radius 2 is 1.92 bits per heavy atom. The average molecular weight is 327 g/mol. The van der Waals surface area contributed by atoms with Gasteiger partial charge in [-0.3, -0.25) is 14.3 Å². The molecule has 0 spiro atoms. The van der Waals surface area contributed by atoms with Crippen LogP contribution in [-0.4, -0.2) is 34.1 Å². The number of aryl methyl sites for hydroxylation is 1. The van der Waals surface area contributed by atoms with E-state index < -0.39 is 0 Å². The molecule has 4 nitrogen and oxygen atoms in total. The third kappa shape index (κ3) is 3.62. The van der Waals surface area contributed by atoms with Crippen molar-refractivity contribution in [2.75, 3.05) is 19.6 Å². The van der Waals surface area contributed by atoms with E-state index in [1.807, 2.05) is 13.0 Å². The molecule has 1 aliphatic heterocycles. The molecular formula is C19H22FN3O. The number of halogens is 1. The molecule has 2 heterocycles. The molecule has 1 aromatic carbocycles. The molecule has 0 unspecified atom stereocenters. The van der Waals surface area contributed by atoms with Gasteiger partial charge in [0.2, 0.25) is 0 Å². The summed E-state index contributed by atoms with van der Waals surface area (Å²) in [5.74, 6) is 0.546. The van der Waals surface area contributed by atoms with Gasteiger partial charge in [0.1, 0.15) is 11.6 Å². The van der Waals surface area contributed by atoms with Crippen molar-refractivity contribution in [3.05, 3.63) is 69.2 Å². The topological polar surface area (TPSA) is 38.1 Å². The van der Waals surface area contributed by atoms with Crippen LogP contribution in [0.1, 0.15) is 22.6 Å². The maximum Gasteiger partial charge on any atom is 0.256 e. The van der Waals surface area contributed by atoms with E-state index >= 15 is 0 Å². The summed E-state index contributed by atoms with van der Waals surface area (Å²) in [6.45, 7) is 4.42. The fraction of sp³-hybridized carbons (Fsp3) is 0.368. The van der Waals surface area contributed by atoms with E-state index in [0.29, 0.717) is 0 Å². The van der Waals surface area contributed by atoms with E-state index in [2.05, 4.69) is 16.0 Å². The van der Waals surface area contributed by atoms with E-state index in [4.69, 9.17) is 0 Å². The van der Waals surface area contributed by atoms with Crippen LogP contribution in [0.2, 0.25) is 0 Å². The normalized spacial score (nSPS) is 15.5. The Balaban J connectivity index is 1.65. The highest BCUT2D eigenvalue weighted by Crippen LogP contribution is 2.12. The average Bonchev–Trinajstić information content (AvgIpc) is 2.77. The fourth-order valence-electron chi connectivity index (χ4n) is 3.01. The summed E-state index contributed by atoms with van der Waals surface area (Å²) in [7, 11) is 1.78. The second-order valence-electron chi connectivity index (χ2n) is 6.20. The molecule has 0 radical (unpaired) electrons. The highest BCUT2D eigenvalue weighted by atomic mass is 19.1. The predicted molar refractivity (Wildman–Crippen MR) is 93.5 cm³/mol. The first kappa shape index (κ1) is 16.6. The maximum atomic E-state index is 12.9. The highest BCUT2D eigenvalue weighted by Gasteiger charge is 2.18. The summed E-state index contributed by atoms with van der Waals surface area (Å²) < 4.78 is 14.5. The minimum absolute atomic E-state index is 0.0844. The Hall–Kier alpha value is -2.27. The number of hydrogen-bond acceptors (Lipinski definition) is 3. The summed E-state index contributed by atoms with van der Waals surface area (Å²) >= 11 is 0. The lowest BCUT2D eigenvalue weighted by Gasteiger charge is -2.16. The fourth-order valence-corrected chi connectivity index (χ4v) is 3.01. The third-order valence-electron chi connectivity index (χ3n) is 4.58. The molecule has 0 amide bonds. The molecule has 0 saturated heterocycles. The van der Waals surface area contributed by atoms with Crippen LogP contribution in [0.5, 0.6) is 0 Å². The zero-order valence-electron chi connectivity index (χ0n) is 14.1. The van der Waals surface area contributed by atoms with Gasteiger partial charge in [-0.1, -0.05) is 24.3 Å². The monoisotopic (exact) mass is 327 g/mol. The SMILES string of the molecule is Cc1nc2c(c(=O)n1C)CCN(C/C=C/c1ccc(F)cc1)CC2. The van der Waals surface area contributed by atoms with Crippen molar-refractivity contribution >= 4 is 6.08 Å². The third-order valence-corrected chi connectivity index (χ3v) is 4.58. The first-order valence-electron chi connectivity index (χ1n) is 8.24. The highest BCUT2D eigenvalue weighted by molar-refractivity contribution is 5.48. The summed E-state index contributed by atoms with van der Waals surface area (Å²) in [5.41, 5.74) is 2.87. The van der Waals surface area contributed by atoms with Crippen LogP contribution < -0.4 is 5.56 Å². The second-order valence-corrected chi connectivity index (χ2v) is 6.20. The number of nitrogens with zero attached hydrogens (tertiary/aromatic N) is 3. The van der Waals surface area contributed by atoms with Crippen LogP contribution in [0.15, 0.2) is 35.1 Å². The lowest BCUT2D eigenvalue weighted by molar-refractivity contribution is 0.318. The second kappa shape index (κ2) is 7.09. The zero-order valence-corrected chi connectivity index (χ0v) is 14.1. The van der Waals surface area contributed by atoms with Gasteiger partial charge in [-0.25, -0.2) is 9.37 Å². The van der Waals surface area contributed by atoms with Crippen LogP contribution in [0.25, 0.3) is 6.08 Å². The summed E-state index contributed by atoms with van der Waals surface area (Å²) in [4.78, 5) is 19.3. The Morgan fingerprint density at radius 3 is 2.67 bits per heavy atom. The van der Waals surface area contributed by atoms with E-state index in [0.717, 1.165) is 55.1 Å². The number of rotatable bonds is 3. The molecule has 0 fully saturated rings. The van der Waals surface area contributed by atoms with Gasteiger partial charge >= 0.3 is 0 Å². The molecule has 0 atom stereocenters. The smallest absolute Gasteiger partial charge is 0.256 e. The van der Waals surface area contributed by atoms with Gasteiger partial charge in [-0.05, 0) is 31.0 Å². The predicted octanol–water partition coefficient (Wildman–Crippen LogP) is 2.34. The molecule has 2 aromatic rings. The summed E-state index contributed by atoms with van der Waals surface area (Å²) in [6.07, 6.45) is 5.62. The molecule has 126 valence electrons. The quantitative estimate of drug-likeness (QED) is 0.868. The summed E-state index contributed by atoms with van der Waals surface area (Å²) in [5, 5.41) is 0. The van der Waals surface area contributed by atoms with E-state index in [1.54, 1.807) is 23.7 Å². The van der Waals surface area contributed by atoms with Gasteiger partial charge in [0.05, 0.1) is 5.69 Å². The molecule has 5 heteroatoms. The molecule has 0 bridgehead atoms. The lowest BCUT2D eigenvalue weighted by Crippen LogP contribution is -2.28. The minimum Gasteiger partial charge on any atom is -0.300 e. The van der Waals surface area contributed by atoms with E-state index in [-0.39, 0.29) is 11.4 Å². The van der Waals surface area contributed by atoms with Crippen LogP contribution in [0, 0.1) is 12.7 Å². The Kier molecular flexibility index (Phi) is 4.90. The van der Waals surface area contributed by atoms with Gasteiger partial charge in [0.15, 0.2) is 0 Å². The van der Waals surface area contributed by atoms with Crippen molar-refractivity contribution in [2.24, 2.45) is 7.05 Å². The van der Waals surface area contributed by atoms with Crippen molar-refractivity contribution in [1.29, 1.82) is 0 Å². The molecule has 0 aliphatic carbocycles. The van der Waals surface area contributed by atoms with Crippen LogP contribution >= 0.6 is 0 Å². The zero-order chi connectivity index (χ0) is 17.1. The van der Waals surface area contributed by atoms with Crippen LogP contribution in [0.4, 0.5) is 4.39 Å². The van der Waals surface area contributed by atoms with Crippen molar-refractivity contribution in [1.82, 2.24) is 14.5 Å². The standard InChI is InChI=1S/C19H22FN3O/c1-14-21-18-10-13-23(12-9-17(18)19(24)22(14)2)11-3-4-15-5-7-16(20)8-6-15/h3-8H,9-13H2,1-2H3/b4-3+. The number of fused-ring (bicyclic) bond motifs is 1. The molecule has 0 N–H and O–H groups in total. The minimum atomic E-state index is -0.221. The molecule has 1 aliphatic rings. The maximum absolute atomic E-state index is 12.9. The van der Waals surface area contributed by atoms with Gasteiger partial charge < -0.3 is 0 Å². The summed E-state index contributed by atoms with van der Waals surface area (Å²) in [6, 6.07) is 6.46. The first-order valence-corrected chi connectivity index (χ1v) is 8.24. The molecular weight excluding hydrogens is 305 g/mol. The van der Waals surface area contributed by atoms with Crippen molar-refractivity contribution < 1.29 is 4.39 Å². The lowest BCUT2D eigenvalue weighted by atomic mass is 10.1. The van der Waals surface area contributed by atoms with Crippen molar-refractivity contribution in [3.8, 4) is 0 Å². The molecule has 0 saturated carbocycles. The molecule has 3 rings (SSSR count). The molecule has 1 aromatic heterocycles. The Morgan fingerprint density at radius 1 is 1.21 bits per heavy atom. The van der Waals surface area contributed by atoms with Gasteiger partial charge in [0, 0.05) is 38.7 Å². The van der Waals surface area contributed by atoms with Gasteiger partial charge in [-0.15, -0.1) is 0 Å². The number of hydrogen-bond donors (Lipinski definition) is 0. The first-order chi connectivity index (χ1) is 11.5. The van der Waals surface area contributed by atoms with Gasteiger partial charge in [-0.2, -0.15) is 0 Å². The number of aromatic nitrogens is 2. The largest absolute Gasteiger partial charge is 0.300 e. The van der Waals surface area contributed by atoms with E-state index in [9.17, 15) is 9.18 Å². The van der Waals surface area contributed by atoms with Crippen molar-refractivity contribution in [3.63, 3.8) is 0 Å². The number of benzene rings is 1. The van der Waals surface area contributed by atoms with E-state index in [1.165, 1.54) is 12.1 Å². The Labute approximate surface area is 141 Å². The Bertz CT molecular complexity index is 809. The van der Waals surface area contributed by atoms with Crippen molar-refractivity contribution in [2.45, 2.75) is 19.8 Å².